The Kier molecular flexibility index (Phi) is 7.17. The number of fused-ring (bicyclic) bond motifs is 6. The fourth-order valence-corrected chi connectivity index (χ4v) is 7.83. The summed E-state index contributed by atoms with van der Waals surface area (Å²) in [6.45, 7) is 2.24. The van der Waals surface area contributed by atoms with E-state index in [2.05, 4.69) is 176 Å². The number of benzene rings is 7. The van der Waals surface area contributed by atoms with Gasteiger partial charge in [-0.05, 0) is 70.6 Å². The number of allylic oxidation sites excluding steroid dienone is 1. The van der Waals surface area contributed by atoms with Gasteiger partial charge in [-0.2, -0.15) is 0 Å². The summed E-state index contributed by atoms with van der Waals surface area (Å²) in [4.78, 5) is 2.33. The average molecular weight is 670 g/mol. The predicted octanol–water partition coefficient (Wildman–Crippen LogP) is 14.0. The first kappa shape index (κ1) is 30.3. The largest absolute Gasteiger partial charge is 0.460 e. The van der Waals surface area contributed by atoms with Gasteiger partial charge in [0.1, 0.15) is 22.5 Å². The van der Waals surface area contributed by atoms with E-state index >= 15 is 0 Å². The Morgan fingerprint density at radius 3 is 1.81 bits per heavy atom. The number of nitrogens with zero attached hydrogens (tertiary/aromatic N) is 1. The predicted molar refractivity (Wildman–Crippen MR) is 216 cm³/mol. The van der Waals surface area contributed by atoms with E-state index in [-0.39, 0.29) is 0 Å². The summed E-state index contributed by atoms with van der Waals surface area (Å²) in [5.74, 6) is 1.56. The molecule has 1 aliphatic rings. The first-order valence-corrected chi connectivity index (χ1v) is 18.0. The molecular formula is C49H35NO2. The summed E-state index contributed by atoms with van der Waals surface area (Å²) < 4.78 is 12.9. The number of anilines is 3. The van der Waals surface area contributed by atoms with E-state index in [0.29, 0.717) is 5.92 Å². The van der Waals surface area contributed by atoms with E-state index in [0.717, 1.165) is 79.0 Å². The van der Waals surface area contributed by atoms with Crippen molar-refractivity contribution in [3.8, 4) is 33.4 Å². The Labute approximate surface area is 302 Å². The average Bonchev–Trinajstić information content (AvgIpc) is 3.77. The second kappa shape index (κ2) is 12.3. The Hall–Kier alpha value is -6.58. The molecule has 0 amide bonds. The van der Waals surface area contributed by atoms with Gasteiger partial charge in [-0.3, -0.25) is 0 Å². The Morgan fingerprint density at radius 1 is 0.481 bits per heavy atom. The molecule has 0 spiro atoms. The Bertz CT molecular complexity index is 2770. The highest BCUT2D eigenvalue weighted by Gasteiger charge is 2.21. The van der Waals surface area contributed by atoms with Gasteiger partial charge < -0.3 is 13.7 Å². The Morgan fingerprint density at radius 2 is 1.08 bits per heavy atom. The molecule has 3 heteroatoms. The number of furan rings is 2. The maximum Gasteiger partial charge on any atom is 0.143 e. The van der Waals surface area contributed by atoms with E-state index in [1.165, 1.54) is 22.1 Å². The summed E-state index contributed by atoms with van der Waals surface area (Å²) in [6.07, 6.45) is 5.44. The minimum Gasteiger partial charge on any atom is -0.460 e. The smallest absolute Gasteiger partial charge is 0.143 e. The summed E-state index contributed by atoms with van der Waals surface area (Å²) in [6, 6.07) is 58.2. The SMILES string of the molecule is CC1C=Cc2c(oc3c(-c4ccc(N(c5ccc(-c6cccc7c6oc6ccccc67)cc5)c5cccc(-c6ccccc6)c5)cc4)cccc23)C1. The molecule has 7 aromatic carbocycles. The summed E-state index contributed by atoms with van der Waals surface area (Å²) in [7, 11) is 0. The first-order valence-electron chi connectivity index (χ1n) is 18.0. The molecule has 248 valence electrons. The third-order valence-corrected chi connectivity index (χ3v) is 10.4. The van der Waals surface area contributed by atoms with Gasteiger partial charge in [0.15, 0.2) is 0 Å². The normalized spacial score (nSPS) is 13.9. The van der Waals surface area contributed by atoms with Crippen LogP contribution < -0.4 is 4.90 Å². The molecule has 1 unspecified atom stereocenters. The third-order valence-electron chi connectivity index (χ3n) is 10.4. The fourth-order valence-electron chi connectivity index (χ4n) is 7.83. The molecule has 2 aromatic heterocycles. The van der Waals surface area contributed by atoms with Gasteiger partial charge >= 0.3 is 0 Å². The van der Waals surface area contributed by atoms with Gasteiger partial charge in [-0.25, -0.2) is 0 Å². The van der Waals surface area contributed by atoms with Crippen molar-refractivity contribution in [1.82, 2.24) is 0 Å². The lowest BCUT2D eigenvalue weighted by molar-refractivity contribution is 0.514. The van der Waals surface area contributed by atoms with Gasteiger partial charge in [0.2, 0.25) is 0 Å². The van der Waals surface area contributed by atoms with Crippen LogP contribution in [0.25, 0.3) is 72.4 Å². The first-order chi connectivity index (χ1) is 25.7. The molecule has 0 bridgehead atoms. The zero-order valence-corrected chi connectivity index (χ0v) is 28.8. The number of hydrogen-bond donors (Lipinski definition) is 0. The van der Waals surface area contributed by atoms with Crippen LogP contribution in [-0.4, -0.2) is 0 Å². The van der Waals surface area contributed by atoms with Gasteiger partial charge in [0, 0.05) is 56.3 Å². The molecule has 0 radical (unpaired) electrons. The maximum absolute atomic E-state index is 6.54. The molecule has 0 saturated heterocycles. The van der Waals surface area contributed by atoms with Crippen molar-refractivity contribution in [1.29, 1.82) is 0 Å². The third kappa shape index (κ3) is 5.13. The van der Waals surface area contributed by atoms with Crippen molar-refractivity contribution in [2.75, 3.05) is 4.90 Å². The van der Waals surface area contributed by atoms with Crippen LogP contribution in [0.2, 0.25) is 0 Å². The van der Waals surface area contributed by atoms with Crippen LogP contribution in [0.15, 0.2) is 179 Å². The van der Waals surface area contributed by atoms with Gasteiger partial charge in [-0.15, -0.1) is 0 Å². The molecule has 3 nitrogen and oxygen atoms in total. The summed E-state index contributed by atoms with van der Waals surface area (Å²) in [5.41, 5.74) is 14.0. The standard InChI is InChI=1S/C49H35NO2/c1-32-20-29-43-45-18-9-16-41(49(45)52-47(43)30-32)35-23-27-38(28-24-35)50(39-13-7-12-36(31-39)33-10-3-2-4-11-33)37-25-21-34(22-26-37)40-15-8-17-44-42-14-5-6-19-46(42)51-48(40)44/h2-29,31-32H,30H2,1H3. The highest BCUT2D eigenvalue weighted by molar-refractivity contribution is 6.09. The van der Waals surface area contributed by atoms with E-state index in [4.69, 9.17) is 8.83 Å². The molecule has 1 atom stereocenters. The van der Waals surface area contributed by atoms with E-state index in [9.17, 15) is 0 Å². The van der Waals surface area contributed by atoms with Crippen LogP contribution in [0, 0.1) is 5.92 Å². The van der Waals surface area contributed by atoms with Crippen molar-refractivity contribution in [2.45, 2.75) is 13.3 Å². The second-order valence-corrected chi connectivity index (χ2v) is 13.8. The van der Waals surface area contributed by atoms with Crippen molar-refractivity contribution in [2.24, 2.45) is 5.92 Å². The van der Waals surface area contributed by atoms with E-state index < -0.39 is 0 Å². The number of rotatable bonds is 6. The minimum absolute atomic E-state index is 0.482. The van der Waals surface area contributed by atoms with Crippen LogP contribution in [0.5, 0.6) is 0 Å². The lowest BCUT2D eigenvalue weighted by Crippen LogP contribution is -2.10. The molecular weight excluding hydrogens is 635 g/mol. The van der Waals surface area contributed by atoms with Crippen molar-refractivity contribution in [3.05, 3.63) is 181 Å². The van der Waals surface area contributed by atoms with Crippen LogP contribution in [0.1, 0.15) is 18.2 Å². The van der Waals surface area contributed by atoms with Crippen molar-refractivity contribution < 1.29 is 8.83 Å². The van der Waals surface area contributed by atoms with Gasteiger partial charge in [-0.1, -0.05) is 140 Å². The molecule has 1 aliphatic carbocycles. The zero-order valence-electron chi connectivity index (χ0n) is 28.8. The zero-order chi connectivity index (χ0) is 34.6. The molecule has 0 saturated carbocycles. The maximum atomic E-state index is 6.54. The van der Waals surface area contributed by atoms with Crippen LogP contribution in [-0.2, 0) is 6.42 Å². The number of hydrogen-bond acceptors (Lipinski definition) is 3. The highest BCUT2D eigenvalue weighted by atomic mass is 16.3. The van der Waals surface area contributed by atoms with Gasteiger partial charge in [0.05, 0.1) is 0 Å². The highest BCUT2D eigenvalue weighted by Crippen LogP contribution is 2.42. The number of para-hydroxylation sites is 3. The molecule has 0 aliphatic heterocycles. The molecule has 2 heterocycles. The van der Waals surface area contributed by atoms with Crippen LogP contribution >= 0.6 is 0 Å². The molecule has 0 N–H and O–H groups in total. The Balaban J connectivity index is 1.06. The fraction of sp³-hybridized carbons (Fsp3) is 0.0612. The van der Waals surface area contributed by atoms with E-state index in [1.807, 2.05) is 12.1 Å². The molecule has 10 rings (SSSR count). The monoisotopic (exact) mass is 669 g/mol. The summed E-state index contributed by atoms with van der Waals surface area (Å²) >= 11 is 0. The van der Waals surface area contributed by atoms with E-state index in [1.54, 1.807) is 0 Å². The lowest BCUT2D eigenvalue weighted by atomic mass is 9.94. The quantitative estimate of drug-likeness (QED) is 0.176. The molecule has 9 aromatic rings. The minimum atomic E-state index is 0.482. The topological polar surface area (TPSA) is 29.5 Å². The molecule has 52 heavy (non-hydrogen) atoms. The second-order valence-electron chi connectivity index (χ2n) is 13.8. The molecule has 0 fully saturated rings. The van der Waals surface area contributed by atoms with Crippen LogP contribution in [0.3, 0.4) is 0 Å². The van der Waals surface area contributed by atoms with Crippen LogP contribution in [0.4, 0.5) is 17.1 Å². The van der Waals surface area contributed by atoms with Crippen molar-refractivity contribution in [3.63, 3.8) is 0 Å². The lowest BCUT2D eigenvalue weighted by Gasteiger charge is -2.26. The van der Waals surface area contributed by atoms with Crippen molar-refractivity contribution >= 4 is 56.0 Å². The summed E-state index contributed by atoms with van der Waals surface area (Å²) in [5, 5.41) is 3.45. The van der Waals surface area contributed by atoms with Gasteiger partial charge in [0.25, 0.3) is 0 Å².